The van der Waals surface area contributed by atoms with Crippen molar-refractivity contribution in [3.05, 3.63) is 34.9 Å². The van der Waals surface area contributed by atoms with Gasteiger partial charge in [0.15, 0.2) is 6.61 Å². The van der Waals surface area contributed by atoms with E-state index in [0.29, 0.717) is 12.5 Å². The van der Waals surface area contributed by atoms with Crippen LogP contribution in [0.3, 0.4) is 0 Å². The quantitative estimate of drug-likeness (QED) is 0.774. The first kappa shape index (κ1) is 19.5. The minimum Gasteiger partial charge on any atom is -0.439 e. The molecule has 0 spiro atoms. The van der Waals surface area contributed by atoms with Crippen molar-refractivity contribution >= 4 is 23.6 Å². The van der Waals surface area contributed by atoms with Crippen molar-refractivity contribution in [1.29, 1.82) is 0 Å². The Balaban J connectivity index is 1.59. The van der Waals surface area contributed by atoms with E-state index in [9.17, 15) is 9.59 Å². The zero-order valence-corrected chi connectivity index (χ0v) is 15.3. The number of hydrogen-bond acceptors (Lipinski definition) is 4. The molecule has 0 saturated carbocycles. The lowest BCUT2D eigenvalue weighted by Crippen LogP contribution is -2.40. The van der Waals surface area contributed by atoms with Crippen LogP contribution in [0, 0.1) is 5.92 Å². The number of halogens is 1. The lowest BCUT2D eigenvalue weighted by atomic mass is 9.96. The Labute approximate surface area is 153 Å². The number of nitrogens with one attached hydrogen (secondary N) is 2. The fraction of sp³-hybridized carbons (Fsp3) is 0.556. The van der Waals surface area contributed by atoms with Crippen molar-refractivity contribution in [3.8, 4) is 0 Å². The van der Waals surface area contributed by atoms with E-state index in [1.807, 2.05) is 18.2 Å². The number of piperidine rings is 1. The fourth-order valence-corrected chi connectivity index (χ4v) is 3.09. The first-order valence-corrected chi connectivity index (χ1v) is 9.02. The maximum atomic E-state index is 11.5. The highest BCUT2D eigenvalue weighted by Gasteiger charge is 2.19. The Bertz CT molecular complexity index is 574. The van der Waals surface area contributed by atoms with Crippen LogP contribution in [-0.4, -0.2) is 56.7 Å². The summed E-state index contributed by atoms with van der Waals surface area (Å²) in [7, 11) is 1.50. The van der Waals surface area contributed by atoms with Gasteiger partial charge in [0.25, 0.3) is 5.91 Å². The van der Waals surface area contributed by atoms with E-state index in [4.69, 9.17) is 16.3 Å². The molecular weight excluding hydrogens is 342 g/mol. The van der Waals surface area contributed by atoms with Crippen molar-refractivity contribution in [2.24, 2.45) is 5.92 Å². The number of likely N-dealkylation sites (tertiary alicyclic amines) is 1. The second-order valence-corrected chi connectivity index (χ2v) is 6.73. The summed E-state index contributed by atoms with van der Waals surface area (Å²) >= 11 is 6.01. The maximum Gasteiger partial charge on any atom is 0.407 e. The van der Waals surface area contributed by atoms with Gasteiger partial charge in [0.1, 0.15) is 0 Å². The Morgan fingerprint density at radius 1 is 1.32 bits per heavy atom. The molecule has 1 aliphatic heterocycles. The number of nitrogens with zero attached hydrogens (tertiary/aromatic N) is 1. The molecular formula is C18H26ClN3O3. The number of alkyl carbamates (subject to hydrolysis) is 1. The summed E-state index contributed by atoms with van der Waals surface area (Å²) in [6.07, 6.45) is 2.55. The summed E-state index contributed by atoms with van der Waals surface area (Å²) in [6, 6.07) is 8.00. The highest BCUT2D eigenvalue weighted by Crippen LogP contribution is 2.17. The van der Waals surface area contributed by atoms with Crippen LogP contribution in [-0.2, 0) is 16.0 Å². The number of carbonyl (C=O) groups excluding carboxylic acids is 2. The number of benzene rings is 1. The fourth-order valence-electron chi connectivity index (χ4n) is 2.88. The van der Waals surface area contributed by atoms with Crippen LogP contribution < -0.4 is 10.6 Å². The van der Waals surface area contributed by atoms with Crippen LogP contribution >= 0.6 is 11.6 Å². The first-order valence-electron chi connectivity index (χ1n) is 8.65. The molecule has 1 aromatic carbocycles. The topological polar surface area (TPSA) is 70.7 Å². The SMILES string of the molecule is CNC(=O)COC(=O)NCC1CCN(CCc2cccc(Cl)c2)CC1. The Morgan fingerprint density at radius 3 is 2.76 bits per heavy atom. The lowest BCUT2D eigenvalue weighted by molar-refractivity contribution is -0.123. The molecule has 0 aliphatic carbocycles. The summed E-state index contributed by atoms with van der Waals surface area (Å²) in [5.41, 5.74) is 1.26. The third kappa shape index (κ3) is 7.32. The van der Waals surface area contributed by atoms with Crippen molar-refractivity contribution in [2.75, 3.05) is 39.8 Å². The van der Waals surface area contributed by atoms with Gasteiger partial charge in [-0.1, -0.05) is 23.7 Å². The lowest BCUT2D eigenvalue weighted by Gasteiger charge is -2.31. The van der Waals surface area contributed by atoms with E-state index in [1.165, 1.54) is 12.6 Å². The number of hydrogen-bond donors (Lipinski definition) is 2. The first-order chi connectivity index (χ1) is 12.1. The molecule has 0 unspecified atom stereocenters. The normalized spacial score (nSPS) is 15.6. The summed E-state index contributed by atoms with van der Waals surface area (Å²) in [5, 5.41) is 5.92. The third-order valence-corrected chi connectivity index (χ3v) is 4.70. The van der Waals surface area contributed by atoms with Gasteiger partial charge < -0.3 is 20.3 Å². The number of rotatable bonds is 7. The van der Waals surface area contributed by atoms with E-state index in [0.717, 1.165) is 43.9 Å². The van der Waals surface area contributed by atoms with Gasteiger partial charge in [-0.15, -0.1) is 0 Å². The number of carbonyl (C=O) groups is 2. The van der Waals surface area contributed by atoms with E-state index in [-0.39, 0.29) is 12.5 Å². The molecule has 6 nitrogen and oxygen atoms in total. The van der Waals surface area contributed by atoms with Crippen LogP contribution in [0.4, 0.5) is 4.79 Å². The van der Waals surface area contributed by atoms with Gasteiger partial charge in [-0.05, 0) is 56.0 Å². The van der Waals surface area contributed by atoms with Crippen LogP contribution in [0.1, 0.15) is 18.4 Å². The number of likely N-dealkylation sites (N-methyl/N-ethyl adjacent to an activating group) is 1. The van der Waals surface area contributed by atoms with Gasteiger partial charge in [-0.25, -0.2) is 4.79 Å². The smallest absolute Gasteiger partial charge is 0.407 e. The molecule has 0 bridgehead atoms. The molecule has 1 fully saturated rings. The average Bonchev–Trinajstić information content (AvgIpc) is 2.63. The van der Waals surface area contributed by atoms with Crippen molar-refractivity contribution < 1.29 is 14.3 Å². The molecule has 7 heteroatoms. The molecule has 1 aromatic rings. The van der Waals surface area contributed by atoms with Gasteiger partial charge in [-0.2, -0.15) is 0 Å². The molecule has 2 N–H and O–H groups in total. The molecule has 0 aromatic heterocycles. The molecule has 1 heterocycles. The van der Waals surface area contributed by atoms with Gasteiger partial charge in [0.2, 0.25) is 0 Å². The van der Waals surface area contributed by atoms with E-state index < -0.39 is 6.09 Å². The summed E-state index contributed by atoms with van der Waals surface area (Å²) in [6.45, 7) is 3.42. The van der Waals surface area contributed by atoms with Crippen molar-refractivity contribution in [3.63, 3.8) is 0 Å². The summed E-state index contributed by atoms with van der Waals surface area (Å²) < 4.78 is 4.82. The largest absolute Gasteiger partial charge is 0.439 e. The molecule has 138 valence electrons. The van der Waals surface area contributed by atoms with Gasteiger partial charge >= 0.3 is 6.09 Å². The van der Waals surface area contributed by atoms with Crippen LogP contribution in [0.25, 0.3) is 0 Å². The zero-order chi connectivity index (χ0) is 18.1. The third-order valence-electron chi connectivity index (χ3n) is 4.46. The van der Waals surface area contributed by atoms with Gasteiger partial charge in [-0.3, -0.25) is 4.79 Å². The molecule has 25 heavy (non-hydrogen) atoms. The van der Waals surface area contributed by atoms with Crippen LogP contribution in [0.5, 0.6) is 0 Å². The minimum atomic E-state index is -0.535. The zero-order valence-electron chi connectivity index (χ0n) is 14.6. The second kappa shape index (κ2) is 10.3. The van der Waals surface area contributed by atoms with Crippen LogP contribution in [0.15, 0.2) is 24.3 Å². The highest BCUT2D eigenvalue weighted by molar-refractivity contribution is 6.30. The Morgan fingerprint density at radius 2 is 2.08 bits per heavy atom. The second-order valence-electron chi connectivity index (χ2n) is 6.30. The summed E-state index contributed by atoms with van der Waals surface area (Å²) in [4.78, 5) is 25.0. The van der Waals surface area contributed by atoms with Gasteiger partial charge in [0.05, 0.1) is 0 Å². The van der Waals surface area contributed by atoms with E-state index >= 15 is 0 Å². The minimum absolute atomic E-state index is 0.246. The van der Waals surface area contributed by atoms with E-state index in [1.54, 1.807) is 0 Å². The highest BCUT2D eigenvalue weighted by atomic mass is 35.5. The predicted molar refractivity (Wildman–Crippen MR) is 97.7 cm³/mol. The monoisotopic (exact) mass is 367 g/mol. The molecule has 0 atom stereocenters. The molecule has 1 aliphatic rings. The Kier molecular flexibility index (Phi) is 8.01. The van der Waals surface area contributed by atoms with Gasteiger partial charge in [0, 0.05) is 25.2 Å². The summed E-state index contributed by atoms with van der Waals surface area (Å²) in [5.74, 6) is 0.137. The van der Waals surface area contributed by atoms with Crippen molar-refractivity contribution in [2.45, 2.75) is 19.3 Å². The van der Waals surface area contributed by atoms with E-state index in [2.05, 4.69) is 21.6 Å². The molecule has 0 radical (unpaired) electrons. The number of amides is 2. The van der Waals surface area contributed by atoms with Crippen LogP contribution in [0.2, 0.25) is 5.02 Å². The standard InChI is InChI=1S/C18H26ClN3O3/c1-20-17(23)13-25-18(24)21-12-15-6-9-22(10-7-15)8-5-14-3-2-4-16(19)11-14/h2-4,11,15H,5-10,12-13H2,1H3,(H,20,23)(H,21,24). The predicted octanol–water partition coefficient (Wildman–Crippen LogP) is 2.07. The van der Waals surface area contributed by atoms with Crippen molar-refractivity contribution in [1.82, 2.24) is 15.5 Å². The molecule has 2 amide bonds. The Hall–Kier alpha value is -1.79. The number of ether oxygens (including phenoxy) is 1. The average molecular weight is 368 g/mol. The maximum absolute atomic E-state index is 11.5. The molecule has 2 rings (SSSR count). The molecule has 1 saturated heterocycles.